The zero-order valence-electron chi connectivity index (χ0n) is 12.9. The fraction of sp³-hybridized carbons (Fsp3) is 0.312. The molecule has 0 aromatic carbocycles. The maximum absolute atomic E-state index is 13.4. The second kappa shape index (κ2) is 5.34. The quantitative estimate of drug-likeness (QED) is 0.826. The molecule has 3 heterocycles. The van der Waals surface area contributed by atoms with Crippen molar-refractivity contribution in [3.05, 3.63) is 53.4 Å². The number of aromatic nitrogens is 2. The Balaban J connectivity index is 2.07. The maximum atomic E-state index is 13.4. The van der Waals surface area contributed by atoms with Gasteiger partial charge in [0.25, 0.3) is 0 Å². The number of hydrogen-bond acceptors (Lipinski definition) is 3. The van der Waals surface area contributed by atoms with E-state index in [4.69, 9.17) is 0 Å². The summed E-state index contributed by atoms with van der Waals surface area (Å²) in [7, 11) is 0. The molecule has 0 spiro atoms. The number of nitrogens with one attached hydrogen (secondary N) is 1. The first-order chi connectivity index (χ1) is 11.1. The number of alkyl halides is 3. The van der Waals surface area contributed by atoms with Crippen LogP contribution in [0, 0.1) is 12.7 Å². The average Bonchev–Trinajstić information content (AvgIpc) is 2.83. The van der Waals surface area contributed by atoms with Gasteiger partial charge in [0.1, 0.15) is 11.5 Å². The van der Waals surface area contributed by atoms with Crippen molar-refractivity contribution in [2.24, 2.45) is 0 Å². The molecule has 128 valence electrons. The Morgan fingerprint density at radius 2 is 2.00 bits per heavy atom. The second-order valence-electron chi connectivity index (χ2n) is 5.84. The molecule has 0 bridgehead atoms. The number of imidazole rings is 1. The summed E-state index contributed by atoms with van der Waals surface area (Å²) in [5, 5.41) is 12.6. The predicted molar refractivity (Wildman–Crippen MR) is 80.6 cm³/mol. The molecular formula is C16H15F4N3O. The van der Waals surface area contributed by atoms with Crippen LogP contribution in [0.4, 0.5) is 17.6 Å². The van der Waals surface area contributed by atoms with Gasteiger partial charge in [-0.3, -0.25) is 0 Å². The highest BCUT2D eigenvalue weighted by atomic mass is 19.4. The van der Waals surface area contributed by atoms with Gasteiger partial charge in [-0.2, -0.15) is 13.2 Å². The van der Waals surface area contributed by atoms with Crippen LogP contribution in [-0.2, 0) is 0 Å². The minimum Gasteiger partial charge on any atom is -0.386 e. The van der Waals surface area contributed by atoms with Crippen LogP contribution in [-0.4, -0.2) is 32.8 Å². The third kappa shape index (κ3) is 2.56. The van der Waals surface area contributed by atoms with Crippen LogP contribution < -0.4 is 5.32 Å². The Bertz CT molecular complexity index is 862. The number of pyridine rings is 1. The van der Waals surface area contributed by atoms with E-state index in [1.165, 1.54) is 35.0 Å². The first-order valence-electron chi connectivity index (χ1n) is 7.19. The van der Waals surface area contributed by atoms with Crippen LogP contribution in [0.25, 0.3) is 11.2 Å². The molecule has 0 fully saturated rings. The first kappa shape index (κ1) is 16.5. The van der Waals surface area contributed by atoms with Crippen LogP contribution in [0.3, 0.4) is 0 Å². The van der Waals surface area contributed by atoms with Gasteiger partial charge >= 0.3 is 6.18 Å². The monoisotopic (exact) mass is 341 g/mol. The van der Waals surface area contributed by atoms with Gasteiger partial charge in [0, 0.05) is 30.2 Å². The molecule has 0 radical (unpaired) electrons. The lowest BCUT2D eigenvalue weighted by molar-refractivity contribution is -0.237. The van der Waals surface area contributed by atoms with Gasteiger partial charge < -0.3 is 14.8 Å². The number of rotatable bonds is 2. The molecule has 0 amide bonds. The first-order valence-corrected chi connectivity index (χ1v) is 7.19. The van der Waals surface area contributed by atoms with E-state index in [1.807, 2.05) is 0 Å². The van der Waals surface area contributed by atoms with Crippen LogP contribution in [0.15, 0.2) is 36.2 Å². The molecule has 4 nitrogen and oxygen atoms in total. The maximum Gasteiger partial charge on any atom is 0.420 e. The van der Waals surface area contributed by atoms with Gasteiger partial charge in [0.15, 0.2) is 5.60 Å². The number of aryl methyl sites for hydroxylation is 1. The fourth-order valence-corrected chi connectivity index (χ4v) is 2.59. The summed E-state index contributed by atoms with van der Waals surface area (Å²) in [5.74, 6) is -0.443. The summed E-state index contributed by atoms with van der Waals surface area (Å²) >= 11 is 0. The van der Waals surface area contributed by atoms with E-state index in [9.17, 15) is 22.7 Å². The van der Waals surface area contributed by atoms with Crippen LogP contribution in [0.1, 0.15) is 18.3 Å². The molecule has 0 saturated carbocycles. The molecule has 1 aliphatic heterocycles. The van der Waals surface area contributed by atoms with Crippen molar-refractivity contribution in [3.63, 3.8) is 0 Å². The molecule has 0 saturated heterocycles. The van der Waals surface area contributed by atoms with Crippen molar-refractivity contribution in [1.82, 2.24) is 14.7 Å². The molecule has 0 aliphatic carbocycles. The molecule has 1 unspecified atom stereocenters. The lowest BCUT2D eigenvalue weighted by Gasteiger charge is -2.31. The number of allylic oxidation sites excluding steroid dienone is 2. The van der Waals surface area contributed by atoms with Crippen LogP contribution >= 0.6 is 0 Å². The number of hydrogen-bond donors (Lipinski definition) is 2. The summed E-state index contributed by atoms with van der Waals surface area (Å²) in [6.45, 7) is 2.28. The second-order valence-corrected chi connectivity index (χ2v) is 5.84. The van der Waals surface area contributed by atoms with E-state index in [0.717, 1.165) is 6.92 Å². The molecule has 2 aromatic heterocycles. The lowest BCUT2D eigenvalue weighted by Crippen LogP contribution is -2.46. The van der Waals surface area contributed by atoms with E-state index in [2.05, 4.69) is 10.3 Å². The molecule has 3 rings (SSSR count). The molecule has 8 heteroatoms. The normalized spacial score (nSPS) is 18.0. The van der Waals surface area contributed by atoms with E-state index < -0.39 is 17.6 Å². The molecule has 1 atom stereocenters. The predicted octanol–water partition coefficient (Wildman–Crippen LogP) is 2.97. The number of halogens is 4. The minimum absolute atomic E-state index is 0.128. The Labute approximate surface area is 135 Å². The molecule has 2 aromatic rings. The third-order valence-electron chi connectivity index (χ3n) is 4.15. The highest BCUT2D eigenvalue weighted by Gasteiger charge is 2.52. The number of aliphatic hydroxyl groups is 1. The molecule has 2 N–H and O–H groups in total. The van der Waals surface area contributed by atoms with Crippen LogP contribution in [0.2, 0.25) is 0 Å². The Morgan fingerprint density at radius 1 is 1.29 bits per heavy atom. The SMILES string of the molecule is Cc1c(C2=CNCC(C(C)(O)C(F)(F)F)=C2)nc2ccc(F)cn12. The van der Waals surface area contributed by atoms with E-state index >= 15 is 0 Å². The van der Waals surface area contributed by atoms with Crippen molar-refractivity contribution in [2.45, 2.75) is 25.6 Å². The Kier molecular flexibility index (Phi) is 3.67. The largest absolute Gasteiger partial charge is 0.420 e. The van der Waals surface area contributed by atoms with Gasteiger partial charge in [-0.25, -0.2) is 9.37 Å². The highest BCUT2D eigenvalue weighted by Crippen LogP contribution is 2.37. The number of fused-ring (bicyclic) bond motifs is 1. The highest BCUT2D eigenvalue weighted by molar-refractivity contribution is 5.76. The fourth-order valence-electron chi connectivity index (χ4n) is 2.59. The van der Waals surface area contributed by atoms with Crippen molar-refractivity contribution in [3.8, 4) is 0 Å². The molecule has 1 aliphatic rings. The van der Waals surface area contributed by atoms with Gasteiger partial charge in [-0.1, -0.05) is 0 Å². The number of dihydropyridines is 1. The van der Waals surface area contributed by atoms with Gasteiger partial charge in [0.05, 0.1) is 5.69 Å². The lowest BCUT2D eigenvalue weighted by atomic mass is 9.91. The topological polar surface area (TPSA) is 49.6 Å². The van der Waals surface area contributed by atoms with Gasteiger partial charge in [-0.15, -0.1) is 0 Å². The summed E-state index contributed by atoms with van der Waals surface area (Å²) in [6.07, 6.45) is -0.731. The third-order valence-corrected chi connectivity index (χ3v) is 4.15. The van der Waals surface area contributed by atoms with Crippen molar-refractivity contribution in [1.29, 1.82) is 0 Å². The summed E-state index contributed by atoms with van der Waals surface area (Å²) in [6, 6.07) is 2.74. The van der Waals surface area contributed by atoms with Crippen LogP contribution in [0.5, 0.6) is 0 Å². The van der Waals surface area contributed by atoms with Crippen molar-refractivity contribution < 1.29 is 22.7 Å². The number of nitrogens with zero attached hydrogens (tertiary/aromatic N) is 2. The summed E-state index contributed by atoms with van der Waals surface area (Å²) < 4.78 is 54.0. The Hall–Kier alpha value is -2.35. The standard InChI is InChI=1S/C16H15F4N3O/c1-9-14(22-13-4-3-12(17)8-23(9)13)10-5-11(7-21-6-10)15(2,24)16(18,19)20/h3-6,8,21,24H,7H2,1-2H3. The van der Waals surface area contributed by atoms with Crippen molar-refractivity contribution >= 4 is 11.2 Å². The molecular weight excluding hydrogens is 326 g/mol. The van der Waals surface area contributed by atoms with Crippen molar-refractivity contribution in [2.75, 3.05) is 6.54 Å². The van der Waals surface area contributed by atoms with Gasteiger partial charge in [0.2, 0.25) is 0 Å². The average molecular weight is 341 g/mol. The summed E-state index contributed by atoms with van der Waals surface area (Å²) in [5.41, 5.74) is -1.28. The van der Waals surface area contributed by atoms with Gasteiger partial charge in [-0.05, 0) is 37.6 Å². The zero-order chi connectivity index (χ0) is 17.7. The van der Waals surface area contributed by atoms with E-state index in [1.54, 1.807) is 6.92 Å². The summed E-state index contributed by atoms with van der Waals surface area (Å²) in [4.78, 5) is 4.34. The zero-order valence-corrected chi connectivity index (χ0v) is 12.9. The van der Waals surface area contributed by atoms with E-state index in [0.29, 0.717) is 22.6 Å². The molecule has 24 heavy (non-hydrogen) atoms. The smallest absolute Gasteiger partial charge is 0.386 e. The van der Waals surface area contributed by atoms with E-state index in [-0.39, 0.29) is 12.1 Å². The minimum atomic E-state index is -4.79. The Morgan fingerprint density at radius 3 is 2.67 bits per heavy atom.